The van der Waals surface area contributed by atoms with Gasteiger partial charge in [0.2, 0.25) is 0 Å². The molecule has 1 rings (SSSR count). The van der Waals surface area contributed by atoms with Crippen LogP contribution < -0.4 is 5.73 Å². The average molecular weight is 139 g/mol. The number of hydrogen-bond donors (Lipinski definition) is 1. The number of halogens is 1. The van der Waals surface area contributed by atoms with E-state index in [9.17, 15) is 4.39 Å². The minimum absolute atomic E-state index is 0.264. The van der Waals surface area contributed by atoms with Crippen LogP contribution in [-0.2, 0) is 0 Å². The summed E-state index contributed by atoms with van der Waals surface area (Å²) >= 11 is 0. The van der Waals surface area contributed by atoms with Crippen LogP contribution in [-0.4, -0.2) is 0 Å². The van der Waals surface area contributed by atoms with E-state index in [-0.39, 0.29) is 11.5 Å². The Labute approximate surface area is 59.7 Å². The molecular formula is C8H10FN. The van der Waals surface area contributed by atoms with Gasteiger partial charge in [-0.1, -0.05) is 12.1 Å². The molecule has 0 aliphatic carbocycles. The SMILES string of the molecule is Cc1ccc(C)c(F)c1N. The van der Waals surface area contributed by atoms with Crippen molar-refractivity contribution >= 4 is 5.69 Å². The summed E-state index contributed by atoms with van der Waals surface area (Å²) in [5.41, 5.74) is 7.07. The van der Waals surface area contributed by atoms with E-state index in [0.29, 0.717) is 5.56 Å². The van der Waals surface area contributed by atoms with Crippen molar-refractivity contribution in [2.24, 2.45) is 0 Å². The largest absolute Gasteiger partial charge is 0.396 e. The molecule has 0 saturated carbocycles. The summed E-state index contributed by atoms with van der Waals surface area (Å²) in [4.78, 5) is 0. The molecule has 0 aliphatic rings. The maximum atomic E-state index is 12.9. The molecule has 1 nitrogen and oxygen atoms in total. The second-order valence-electron chi connectivity index (χ2n) is 2.43. The van der Waals surface area contributed by atoms with Gasteiger partial charge in [-0.2, -0.15) is 0 Å². The Bertz CT molecular complexity index is 229. The molecule has 0 atom stereocenters. The van der Waals surface area contributed by atoms with Crippen LogP contribution in [0.5, 0.6) is 0 Å². The van der Waals surface area contributed by atoms with Gasteiger partial charge >= 0.3 is 0 Å². The van der Waals surface area contributed by atoms with Crippen LogP contribution in [0.25, 0.3) is 0 Å². The lowest BCUT2D eigenvalue weighted by atomic mass is 10.1. The average Bonchev–Trinajstić information content (AvgIpc) is 1.93. The molecule has 54 valence electrons. The van der Waals surface area contributed by atoms with Gasteiger partial charge in [0.05, 0.1) is 5.69 Å². The van der Waals surface area contributed by atoms with E-state index >= 15 is 0 Å². The maximum absolute atomic E-state index is 12.9. The van der Waals surface area contributed by atoms with Crippen molar-refractivity contribution in [3.05, 3.63) is 29.1 Å². The molecule has 0 fully saturated rings. The van der Waals surface area contributed by atoms with Gasteiger partial charge < -0.3 is 5.73 Å². The van der Waals surface area contributed by atoms with Crippen LogP contribution in [0.1, 0.15) is 11.1 Å². The van der Waals surface area contributed by atoms with Gasteiger partial charge in [-0.15, -0.1) is 0 Å². The molecule has 0 aromatic heterocycles. The number of rotatable bonds is 0. The highest BCUT2D eigenvalue weighted by Gasteiger charge is 2.02. The summed E-state index contributed by atoms with van der Waals surface area (Å²) < 4.78 is 12.9. The second-order valence-corrected chi connectivity index (χ2v) is 2.43. The lowest BCUT2D eigenvalue weighted by Gasteiger charge is -2.02. The zero-order valence-electron chi connectivity index (χ0n) is 6.11. The normalized spacial score (nSPS) is 9.90. The molecule has 0 aliphatic heterocycles. The Hall–Kier alpha value is -1.05. The Morgan fingerprint density at radius 3 is 2.20 bits per heavy atom. The lowest BCUT2D eigenvalue weighted by Crippen LogP contribution is -1.95. The van der Waals surface area contributed by atoms with E-state index in [2.05, 4.69) is 0 Å². The van der Waals surface area contributed by atoms with Gasteiger partial charge in [0.15, 0.2) is 0 Å². The summed E-state index contributed by atoms with van der Waals surface area (Å²) in [7, 11) is 0. The van der Waals surface area contributed by atoms with Gasteiger partial charge in [0.1, 0.15) is 5.82 Å². The summed E-state index contributed by atoms with van der Waals surface area (Å²) in [5.74, 6) is -0.292. The van der Waals surface area contributed by atoms with Crippen LogP contribution in [0, 0.1) is 19.7 Å². The van der Waals surface area contributed by atoms with Gasteiger partial charge in [-0.25, -0.2) is 4.39 Å². The second kappa shape index (κ2) is 2.29. The zero-order chi connectivity index (χ0) is 7.72. The topological polar surface area (TPSA) is 26.0 Å². The van der Waals surface area contributed by atoms with E-state index in [4.69, 9.17) is 5.73 Å². The number of hydrogen-bond acceptors (Lipinski definition) is 1. The Balaban J connectivity index is 3.34. The highest BCUT2D eigenvalue weighted by molar-refractivity contribution is 5.49. The van der Waals surface area contributed by atoms with E-state index in [1.165, 1.54) is 0 Å². The summed E-state index contributed by atoms with van der Waals surface area (Å²) in [6, 6.07) is 3.54. The maximum Gasteiger partial charge on any atom is 0.149 e. The molecule has 0 heterocycles. The third-order valence-electron chi connectivity index (χ3n) is 1.59. The first-order valence-electron chi connectivity index (χ1n) is 3.14. The highest BCUT2D eigenvalue weighted by atomic mass is 19.1. The van der Waals surface area contributed by atoms with E-state index < -0.39 is 0 Å². The monoisotopic (exact) mass is 139 g/mol. The van der Waals surface area contributed by atoms with Crippen LogP contribution in [0.2, 0.25) is 0 Å². The molecule has 0 bridgehead atoms. The highest BCUT2D eigenvalue weighted by Crippen LogP contribution is 2.17. The molecule has 1 aromatic rings. The van der Waals surface area contributed by atoms with Crippen molar-refractivity contribution in [3.8, 4) is 0 Å². The number of aryl methyl sites for hydroxylation is 2. The van der Waals surface area contributed by atoms with E-state index in [1.807, 2.05) is 6.07 Å². The first-order chi connectivity index (χ1) is 4.63. The van der Waals surface area contributed by atoms with Crippen molar-refractivity contribution in [2.45, 2.75) is 13.8 Å². The van der Waals surface area contributed by atoms with E-state index in [0.717, 1.165) is 5.56 Å². The third-order valence-corrected chi connectivity index (χ3v) is 1.59. The molecule has 0 saturated heterocycles. The first kappa shape index (κ1) is 7.06. The number of nitrogen functional groups attached to an aromatic ring is 1. The molecule has 0 spiro atoms. The lowest BCUT2D eigenvalue weighted by molar-refractivity contribution is 0.622. The smallest absolute Gasteiger partial charge is 0.149 e. The Kier molecular flexibility index (Phi) is 1.62. The Morgan fingerprint density at radius 2 is 1.70 bits per heavy atom. The molecule has 2 N–H and O–H groups in total. The molecule has 0 radical (unpaired) electrons. The minimum Gasteiger partial charge on any atom is -0.396 e. The molecule has 0 amide bonds. The molecule has 1 aromatic carbocycles. The van der Waals surface area contributed by atoms with Gasteiger partial charge in [-0.05, 0) is 25.0 Å². The fourth-order valence-electron chi connectivity index (χ4n) is 0.798. The van der Waals surface area contributed by atoms with Crippen molar-refractivity contribution in [1.82, 2.24) is 0 Å². The van der Waals surface area contributed by atoms with Gasteiger partial charge in [0.25, 0.3) is 0 Å². The predicted octanol–water partition coefficient (Wildman–Crippen LogP) is 2.02. The third kappa shape index (κ3) is 0.967. The quantitative estimate of drug-likeness (QED) is 0.547. The van der Waals surface area contributed by atoms with Crippen LogP contribution in [0.15, 0.2) is 12.1 Å². The minimum atomic E-state index is -0.292. The molecule has 0 unspecified atom stereocenters. The van der Waals surface area contributed by atoms with Crippen molar-refractivity contribution in [2.75, 3.05) is 5.73 Å². The number of benzene rings is 1. The Morgan fingerprint density at radius 1 is 1.20 bits per heavy atom. The summed E-state index contributed by atoms with van der Waals surface area (Å²) in [6.45, 7) is 3.49. The molecule has 10 heavy (non-hydrogen) atoms. The molecule has 2 heteroatoms. The van der Waals surface area contributed by atoms with Crippen LogP contribution in [0.3, 0.4) is 0 Å². The van der Waals surface area contributed by atoms with Crippen molar-refractivity contribution in [3.63, 3.8) is 0 Å². The predicted molar refractivity (Wildman–Crippen MR) is 40.3 cm³/mol. The molecular weight excluding hydrogens is 129 g/mol. The van der Waals surface area contributed by atoms with Crippen LogP contribution >= 0.6 is 0 Å². The van der Waals surface area contributed by atoms with Crippen molar-refractivity contribution in [1.29, 1.82) is 0 Å². The standard InChI is InChI=1S/C8H10FN/c1-5-3-4-6(2)8(10)7(5)9/h3-4H,10H2,1-2H3. The zero-order valence-corrected chi connectivity index (χ0v) is 6.11. The number of nitrogens with two attached hydrogens (primary N) is 1. The van der Waals surface area contributed by atoms with Crippen LogP contribution in [0.4, 0.5) is 10.1 Å². The van der Waals surface area contributed by atoms with E-state index in [1.54, 1.807) is 19.9 Å². The first-order valence-corrected chi connectivity index (χ1v) is 3.14. The van der Waals surface area contributed by atoms with Gasteiger partial charge in [-0.3, -0.25) is 0 Å². The fourth-order valence-corrected chi connectivity index (χ4v) is 0.798. The summed E-state index contributed by atoms with van der Waals surface area (Å²) in [5, 5.41) is 0. The van der Waals surface area contributed by atoms with Crippen molar-refractivity contribution < 1.29 is 4.39 Å². The van der Waals surface area contributed by atoms with Gasteiger partial charge in [0, 0.05) is 0 Å². The summed E-state index contributed by atoms with van der Waals surface area (Å²) in [6.07, 6.45) is 0. The number of anilines is 1. The fraction of sp³-hybridized carbons (Fsp3) is 0.250.